The summed E-state index contributed by atoms with van der Waals surface area (Å²) in [5.74, 6) is -1.12. The summed E-state index contributed by atoms with van der Waals surface area (Å²) < 4.78 is 38.8. The molecule has 0 aliphatic rings. The lowest BCUT2D eigenvalue weighted by Crippen LogP contribution is -2.30. The molecule has 0 spiro atoms. The van der Waals surface area contributed by atoms with Crippen LogP contribution in [0, 0.1) is 24.1 Å². The van der Waals surface area contributed by atoms with Gasteiger partial charge in [0.25, 0.3) is 5.91 Å². The summed E-state index contributed by atoms with van der Waals surface area (Å²) in [6, 6.07) is 15.3. The molecule has 31 heavy (non-hydrogen) atoms. The van der Waals surface area contributed by atoms with E-state index in [9.17, 15) is 17.6 Å². The van der Waals surface area contributed by atoms with Crippen molar-refractivity contribution >= 4 is 38.1 Å². The lowest BCUT2D eigenvalue weighted by molar-refractivity contribution is 0.0977. The minimum Gasteiger partial charge on any atom is -0.317 e. The van der Waals surface area contributed by atoms with Crippen LogP contribution < -0.4 is 9.62 Å². The van der Waals surface area contributed by atoms with E-state index >= 15 is 0 Å². The number of carbonyl (C=O) groups excluding carboxylic acids is 1. The van der Waals surface area contributed by atoms with Crippen molar-refractivity contribution < 1.29 is 17.6 Å². The van der Waals surface area contributed by atoms with Crippen LogP contribution in [-0.4, -0.2) is 32.1 Å². The van der Waals surface area contributed by atoms with Gasteiger partial charge in [0, 0.05) is 17.1 Å². The summed E-state index contributed by atoms with van der Waals surface area (Å²) in [5.41, 5.74) is 1.74. The fraction of sp³-hybridized carbons (Fsp3) is 0.190. The zero-order valence-corrected chi connectivity index (χ0v) is 18.4. The van der Waals surface area contributed by atoms with Gasteiger partial charge in [-0.2, -0.15) is 5.26 Å². The Bertz CT molecular complexity index is 1250. The van der Waals surface area contributed by atoms with Crippen molar-refractivity contribution in [3.63, 3.8) is 0 Å². The van der Waals surface area contributed by atoms with E-state index in [0.29, 0.717) is 39.8 Å². The summed E-state index contributed by atoms with van der Waals surface area (Å²) >= 11 is 1.22. The molecule has 0 bridgehead atoms. The van der Waals surface area contributed by atoms with Crippen LogP contribution in [0.15, 0.2) is 48.5 Å². The molecule has 0 aliphatic carbocycles. The molecule has 0 saturated heterocycles. The van der Waals surface area contributed by atoms with Crippen LogP contribution in [0.25, 0.3) is 0 Å². The van der Waals surface area contributed by atoms with Gasteiger partial charge in [-0.05, 0) is 49.2 Å². The maximum atomic E-state index is 14.1. The molecule has 1 N–H and O–H groups in total. The SMILES string of the molecule is Cc1sc(N(CCc2ccccc2F)c2ccc(C#N)cc2)nc1C(=O)NS(C)(=O)=O. The Morgan fingerprint density at radius 3 is 2.52 bits per heavy atom. The lowest BCUT2D eigenvalue weighted by atomic mass is 10.1. The van der Waals surface area contributed by atoms with Gasteiger partial charge >= 0.3 is 0 Å². The van der Waals surface area contributed by atoms with E-state index in [0.717, 1.165) is 6.26 Å². The van der Waals surface area contributed by atoms with Gasteiger partial charge in [-0.15, -0.1) is 11.3 Å². The van der Waals surface area contributed by atoms with Crippen molar-refractivity contribution in [1.82, 2.24) is 9.71 Å². The number of anilines is 2. The molecule has 1 amide bonds. The number of nitrogens with one attached hydrogen (secondary N) is 1. The second-order valence-corrected chi connectivity index (χ2v) is 9.69. The zero-order valence-electron chi connectivity index (χ0n) is 16.8. The molecule has 0 atom stereocenters. The average molecular weight is 459 g/mol. The van der Waals surface area contributed by atoms with Crippen LogP contribution in [0.3, 0.4) is 0 Å². The van der Waals surface area contributed by atoms with E-state index in [-0.39, 0.29) is 11.5 Å². The first-order chi connectivity index (χ1) is 14.7. The summed E-state index contributed by atoms with van der Waals surface area (Å²) in [7, 11) is -3.73. The van der Waals surface area contributed by atoms with Crippen molar-refractivity contribution in [2.75, 3.05) is 17.7 Å². The number of aromatic nitrogens is 1. The van der Waals surface area contributed by atoms with E-state index in [4.69, 9.17) is 5.26 Å². The molecule has 0 fully saturated rings. The number of amides is 1. The highest BCUT2D eigenvalue weighted by atomic mass is 32.2. The Morgan fingerprint density at radius 2 is 1.90 bits per heavy atom. The Balaban J connectivity index is 1.96. The number of aryl methyl sites for hydroxylation is 1. The Labute approximate surface area is 183 Å². The summed E-state index contributed by atoms with van der Waals surface area (Å²) in [5, 5.41) is 9.51. The second-order valence-electron chi connectivity index (χ2n) is 6.76. The smallest absolute Gasteiger partial charge is 0.284 e. The van der Waals surface area contributed by atoms with Crippen LogP contribution in [0.1, 0.15) is 26.5 Å². The average Bonchev–Trinajstić information content (AvgIpc) is 3.10. The zero-order chi connectivity index (χ0) is 22.6. The quantitative estimate of drug-likeness (QED) is 0.581. The van der Waals surface area contributed by atoms with Crippen molar-refractivity contribution in [3.05, 3.63) is 76.0 Å². The number of carbonyl (C=O) groups is 1. The fourth-order valence-electron chi connectivity index (χ4n) is 2.91. The van der Waals surface area contributed by atoms with Crippen LogP contribution in [0.4, 0.5) is 15.2 Å². The Kier molecular flexibility index (Phi) is 6.68. The topological polar surface area (TPSA) is 103 Å². The third kappa shape index (κ3) is 5.65. The van der Waals surface area contributed by atoms with E-state index in [1.165, 1.54) is 17.4 Å². The molecule has 2 aromatic carbocycles. The van der Waals surface area contributed by atoms with Crippen LogP contribution in [0.5, 0.6) is 0 Å². The monoisotopic (exact) mass is 458 g/mol. The number of rotatable bonds is 7. The Morgan fingerprint density at radius 1 is 1.23 bits per heavy atom. The number of hydrogen-bond acceptors (Lipinski definition) is 7. The maximum absolute atomic E-state index is 14.1. The van der Waals surface area contributed by atoms with E-state index in [1.54, 1.807) is 49.4 Å². The fourth-order valence-corrected chi connectivity index (χ4v) is 4.30. The van der Waals surface area contributed by atoms with E-state index in [1.807, 2.05) is 9.62 Å². The minimum absolute atomic E-state index is 0.00922. The molecule has 1 aromatic heterocycles. The number of hydrogen-bond donors (Lipinski definition) is 1. The molecule has 0 radical (unpaired) electrons. The van der Waals surface area contributed by atoms with Gasteiger partial charge in [0.2, 0.25) is 10.0 Å². The van der Waals surface area contributed by atoms with Crippen molar-refractivity contribution in [1.29, 1.82) is 5.26 Å². The predicted octanol–water partition coefficient (Wildman–Crippen LogP) is 3.53. The van der Waals surface area contributed by atoms with Gasteiger partial charge in [0.15, 0.2) is 5.13 Å². The molecule has 1 heterocycles. The van der Waals surface area contributed by atoms with Crippen LogP contribution >= 0.6 is 11.3 Å². The van der Waals surface area contributed by atoms with Crippen molar-refractivity contribution in [2.45, 2.75) is 13.3 Å². The van der Waals surface area contributed by atoms with Crippen molar-refractivity contribution in [2.24, 2.45) is 0 Å². The van der Waals surface area contributed by atoms with Gasteiger partial charge in [0.05, 0.1) is 17.9 Å². The number of nitriles is 1. The van der Waals surface area contributed by atoms with Gasteiger partial charge in [-0.25, -0.2) is 22.5 Å². The largest absolute Gasteiger partial charge is 0.317 e. The normalized spacial score (nSPS) is 11.0. The maximum Gasteiger partial charge on any atom is 0.284 e. The molecule has 0 aliphatic heterocycles. The third-order valence-corrected chi connectivity index (χ3v) is 5.93. The van der Waals surface area contributed by atoms with Gasteiger partial charge in [-0.3, -0.25) is 4.79 Å². The molecule has 0 unspecified atom stereocenters. The Hall–Kier alpha value is -3.29. The highest BCUT2D eigenvalue weighted by Gasteiger charge is 2.22. The number of thiazole rings is 1. The first-order valence-corrected chi connectivity index (χ1v) is 11.9. The molecular formula is C21H19FN4O3S2. The number of nitrogens with zero attached hydrogens (tertiary/aromatic N) is 3. The van der Waals surface area contributed by atoms with Gasteiger partial charge < -0.3 is 4.90 Å². The first-order valence-electron chi connectivity index (χ1n) is 9.18. The second kappa shape index (κ2) is 9.24. The molecular weight excluding hydrogens is 439 g/mol. The minimum atomic E-state index is -3.73. The van der Waals surface area contributed by atoms with E-state index in [2.05, 4.69) is 11.1 Å². The standard InChI is InChI=1S/C21H19FN4O3S2/c1-14-19(20(27)25-31(2,28)29)24-21(30-14)26(17-9-7-15(13-23)8-10-17)12-11-16-5-3-4-6-18(16)22/h3-10H,11-12H2,1-2H3,(H,25,27). The van der Waals surface area contributed by atoms with Gasteiger partial charge in [0.1, 0.15) is 11.5 Å². The predicted molar refractivity (Wildman–Crippen MR) is 117 cm³/mol. The van der Waals surface area contributed by atoms with Crippen LogP contribution in [-0.2, 0) is 16.4 Å². The van der Waals surface area contributed by atoms with Gasteiger partial charge in [-0.1, -0.05) is 18.2 Å². The van der Waals surface area contributed by atoms with Crippen molar-refractivity contribution in [3.8, 4) is 6.07 Å². The molecule has 0 saturated carbocycles. The molecule has 160 valence electrons. The summed E-state index contributed by atoms with van der Waals surface area (Å²) in [6.07, 6.45) is 1.27. The third-order valence-electron chi connectivity index (χ3n) is 4.38. The van der Waals surface area contributed by atoms with E-state index < -0.39 is 15.9 Å². The molecule has 7 nitrogen and oxygen atoms in total. The number of halogens is 1. The summed E-state index contributed by atoms with van der Waals surface area (Å²) in [4.78, 5) is 19.0. The first kappa shape index (κ1) is 22.4. The number of sulfonamides is 1. The highest BCUT2D eigenvalue weighted by molar-refractivity contribution is 7.89. The number of benzene rings is 2. The molecule has 10 heteroatoms. The molecule has 3 rings (SSSR count). The summed E-state index contributed by atoms with van der Waals surface area (Å²) in [6.45, 7) is 2.03. The van der Waals surface area contributed by atoms with Crippen LogP contribution in [0.2, 0.25) is 0 Å². The lowest BCUT2D eigenvalue weighted by Gasteiger charge is -2.22. The molecule has 3 aromatic rings. The highest BCUT2D eigenvalue weighted by Crippen LogP contribution is 2.32.